The van der Waals surface area contributed by atoms with E-state index in [2.05, 4.69) is 195 Å². The van der Waals surface area contributed by atoms with Crippen LogP contribution in [0.5, 0.6) is 0 Å². The molecule has 242 valence electrons. The van der Waals surface area contributed by atoms with Crippen molar-refractivity contribution >= 4 is 59.3 Å². The summed E-state index contributed by atoms with van der Waals surface area (Å²) >= 11 is 1.87. The number of thiophene rings is 1. The summed E-state index contributed by atoms with van der Waals surface area (Å²) in [4.78, 5) is 2.47. The van der Waals surface area contributed by atoms with E-state index in [-0.39, 0.29) is 5.41 Å². The van der Waals surface area contributed by atoms with Crippen LogP contribution in [0.2, 0.25) is 0 Å². The van der Waals surface area contributed by atoms with Gasteiger partial charge in [0.15, 0.2) is 0 Å². The van der Waals surface area contributed by atoms with Gasteiger partial charge < -0.3 is 4.90 Å². The Labute approximate surface area is 302 Å². The van der Waals surface area contributed by atoms with Crippen LogP contribution in [0.4, 0.5) is 17.1 Å². The highest BCUT2D eigenvalue weighted by Crippen LogP contribution is 2.54. The van der Waals surface area contributed by atoms with Gasteiger partial charge in [0.1, 0.15) is 0 Å². The zero-order chi connectivity index (χ0) is 34.1. The second-order valence-electron chi connectivity index (χ2n) is 14.2. The molecular weight excluding hydrogens is 635 g/mol. The van der Waals surface area contributed by atoms with Crippen molar-refractivity contribution in [3.05, 3.63) is 187 Å². The molecule has 0 spiro atoms. The Morgan fingerprint density at radius 3 is 2.00 bits per heavy atom. The summed E-state index contributed by atoms with van der Waals surface area (Å²) in [5.41, 5.74) is 13.6. The maximum Gasteiger partial charge on any atom is 0.0508 e. The average Bonchev–Trinajstić information content (AvgIpc) is 3.67. The molecule has 1 heterocycles. The van der Waals surface area contributed by atoms with Crippen LogP contribution in [-0.4, -0.2) is 0 Å². The fourth-order valence-electron chi connectivity index (χ4n) is 8.33. The minimum Gasteiger partial charge on any atom is -0.310 e. The lowest BCUT2D eigenvalue weighted by Gasteiger charge is -2.32. The topological polar surface area (TPSA) is 3.24 Å². The molecule has 0 bridgehead atoms. The van der Waals surface area contributed by atoms with E-state index in [9.17, 15) is 0 Å². The van der Waals surface area contributed by atoms with Crippen LogP contribution in [0.1, 0.15) is 25.0 Å². The molecule has 9 aromatic rings. The van der Waals surface area contributed by atoms with Gasteiger partial charge in [-0.1, -0.05) is 141 Å². The normalized spacial score (nSPS) is 13.1. The van der Waals surface area contributed by atoms with Crippen molar-refractivity contribution in [2.24, 2.45) is 0 Å². The fraction of sp³-hybridized carbons (Fsp3) is 0.0612. The minimum absolute atomic E-state index is 0.156. The maximum atomic E-state index is 2.47. The van der Waals surface area contributed by atoms with Crippen molar-refractivity contribution in [1.82, 2.24) is 0 Å². The molecule has 2 heteroatoms. The first-order chi connectivity index (χ1) is 25.0. The van der Waals surface area contributed by atoms with E-state index in [1.54, 1.807) is 0 Å². The number of hydrogen-bond acceptors (Lipinski definition) is 2. The molecule has 0 fully saturated rings. The van der Waals surface area contributed by atoms with Gasteiger partial charge in [-0.05, 0) is 104 Å². The maximum absolute atomic E-state index is 2.47. The highest BCUT2D eigenvalue weighted by atomic mass is 32.1. The van der Waals surface area contributed by atoms with E-state index >= 15 is 0 Å². The standard InChI is InChI=1S/C49H35NS/c1-49(2)44-18-7-5-15-40(44)43-17-10-19-45(48(43)49)50(39-14-9-13-35(30-39)36-22-21-32-11-3-4-12-34(32)29-36)38-26-23-33(24-27-38)37-25-28-42-41-16-6-8-20-46(41)51-47(42)31-37/h3-31H,1-2H3. The monoisotopic (exact) mass is 669 g/mol. The van der Waals surface area contributed by atoms with Crippen molar-refractivity contribution in [3.8, 4) is 33.4 Å². The van der Waals surface area contributed by atoms with Gasteiger partial charge in [0.05, 0.1) is 5.69 Å². The Bertz CT molecular complexity index is 2780. The SMILES string of the molecule is CC1(C)c2ccccc2-c2cccc(N(c3ccc(-c4ccc5c(c4)sc4ccccc45)cc3)c3cccc(-c4ccc5ccccc5c4)c3)c21. The third kappa shape index (κ3) is 4.82. The van der Waals surface area contributed by atoms with E-state index in [4.69, 9.17) is 0 Å². The van der Waals surface area contributed by atoms with E-state index in [0.717, 1.165) is 11.4 Å². The number of fused-ring (bicyclic) bond motifs is 7. The highest BCUT2D eigenvalue weighted by Gasteiger charge is 2.38. The Balaban J connectivity index is 1.12. The van der Waals surface area contributed by atoms with E-state index < -0.39 is 0 Å². The molecule has 0 unspecified atom stereocenters. The first kappa shape index (κ1) is 29.9. The van der Waals surface area contributed by atoms with Crippen molar-refractivity contribution in [2.75, 3.05) is 4.90 Å². The molecule has 0 saturated carbocycles. The Hall–Kier alpha value is -5.96. The van der Waals surface area contributed by atoms with Crippen molar-refractivity contribution in [1.29, 1.82) is 0 Å². The van der Waals surface area contributed by atoms with Crippen LogP contribution in [0.3, 0.4) is 0 Å². The van der Waals surface area contributed by atoms with Crippen LogP contribution >= 0.6 is 11.3 Å². The fourth-order valence-corrected chi connectivity index (χ4v) is 9.48. The van der Waals surface area contributed by atoms with E-state index in [1.807, 2.05) is 11.3 Å². The number of anilines is 3. The molecule has 0 aliphatic heterocycles. The van der Waals surface area contributed by atoms with Gasteiger partial charge in [-0.25, -0.2) is 0 Å². The summed E-state index contributed by atoms with van der Waals surface area (Å²) in [6.07, 6.45) is 0. The first-order valence-electron chi connectivity index (χ1n) is 17.7. The molecule has 1 aliphatic rings. The molecule has 0 N–H and O–H groups in total. The number of rotatable bonds is 5. The van der Waals surface area contributed by atoms with Gasteiger partial charge in [0.2, 0.25) is 0 Å². The van der Waals surface area contributed by atoms with Gasteiger partial charge in [0.25, 0.3) is 0 Å². The Morgan fingerprint density at radius 1 is 0.431 bits per heavy atom. The van der Waals surface area contributed by atoms with Gasteiger partial charge >= 0.3 is 0 Å². The number of hydrogen-bond donors (Lipinski definition) is 0. The summed E-state index contributed by atoms with van der Waals surface area (Å²) in [6.45, 7) is 4.75. The quantitative estimate of drug-likeness (QED) is 0.176. The van der Waals surface area contributed by atoms with Crippen LogP contribution < -0.4 is 4.90 Å². The van der Waals surface area contributed by atoms with Crippen molar-refractivity contribution in [2.45, 2.75) is 19.3 Å². The zero-order valence-corrected chi connectivity index (χ0v) is 29.4. The summed E-state index contributed by atoms with van der Waals surface area (Å²) in [5, 5.41) is 5.17. The Kier molecular flexibility index (Phi) is 6.78. The molecule has 0 amide bonds. The van der Waals surface area contributed by atoms with Crippen LogP contribution in [0, 0.1) is 0 Å². The van der Waals surface area contributed by atoms with Gasteiger partial charge in [-0.15, -0.1) is 11.3 Å². The Morgan fingerprint density at radius 2 is 1.10 bits per heavy atom. The van der Waals surface area contributed by atoms with Gasteiger partial charge in [-0.3, -0.25) is 0 Å². The highest BCUT2D eigenvalue weighted by molar-refractivity contribution is 7.25. The molecule has 1 aliphatic carbocycles. The third-order valence-corrected chi connectivity index (χ3v) is 12.0. The van der Waals surface area contributed by atoms with Gasteiger partial charge in [-0.2, -0.15) is 0 Å². The van der Waals surface area contributed by atoms with Crippen molar-refractivity contribution < 1.29 is 0 Å². The summed E-state index contributed by atoms with van der Waals surface area (Å²) in [6, 6.07) is 64.9. The van der Waals surface area contributed by atoms with E-state index in [0.29, 0.717) is 0 Å². The molecule has 0 radical (unpaired) electrons. The summed E-state index contributed by atoms with van der Waals surface area (Å²) in [7, 11) is 0. The predicted molar refractivity (Wildman–Crippen MR) is 220 cm³/mol. The first-order valence-corrected chi connectivity index (χ1v) is 18.5. The average molecular weight is 670 g/mol. The number of benzene rings is 8. The lowest BCUT2D eigenvalue weighted by molar-refractivity contribution is 0.661. The zero-order valence-electron chi connectivity index (χ0n) is 28.6. The lowest BCUT2D eigenvalue weighted by Crippen LogP contribution is -2.20. The summed E-state index contributed by atoms with van der Waals surface area (Å²) < 4.78 is 2.66. The number of nitrogens with zero attached hydrogens (tertiary/aromatic N) is 1. The molecule has 0 saturated heterocycles. The molecule has 51 heavy (non-hydrogen) atoms. The third-order valence-electron chi connectivity index (χ3n) is 10.8. The van der Waals surface area contributed by atoms with Crippen molar-refractivity contribution in [3.63, 3.8) is 0 Å². The summed E-state index contributed by atoms with van der Waals surface area (Å²) in [5.74, 6) is 0. The molecule has 8 aromatic carbocycles. The second kappa shape index (κ2) is 11.6. The van der Waals surface area contributed by atoms with Gasteiger partial charge in [0, 0.05) is 37.0 Å². The van der Waals surface area contributed by atoms with Crippen LogP contribution in [0.25, 0.3) is 64.3 Å². The van der Waals surface area contributed by atoms with Crippen LogP contribution in [0.15, 0.2) is 176 Å². The molecule has 1 nitrogen and oxygen atoms in total. The predicted octanol–water partition coefficient (Wildman–Crippen LogP) is 14.3. The molecule has 0 atom stereocenters. The smallest absolute Gasteiger partial charge is 0.0508 e. The molecule has 10 rings (SSSR count). The second-order valence-corrected chi connectivity index (χ2v) is 15.3. The van der Waals surface area contributed by atoms with E-state index in [1.165, 1.54) is 81.1 Å². The molecule has 1 aromatic heterocycles. The van der Waals surface area contributed by atoms with Crippen LogP contribution in [-0.2, 0) is 5.41 Å². The molecular formula is C49H35NS. The minimum atomic E-state index is -0.156. The largest absolute Gasteiger partial charge is 0.310 e. The lowest BCUT2D eigenvalue weighted by atomic mass is 9.81.